The summed E-state index contributed by atoms with van der Waals surface area (Å²) in [5.74, 6) is -1.08. The number of rotatable bonds is 15. The topological polar surface area (TPSA) is 81.3 Å². The van der Waals surface area contributed by atoms with Crippen LogP contribution in [0.4, 0.5) is 0 Å². The molecule has 0 aliphatic carbocycles. The Kier molecular flexibility index (Phi) is 20.8. The monoisotopic (exact) mass is 322 g/mol. The van der Waals surface area contributed by atoms with Crippen molar-refractivity contribution >= 4 is 11.9 Å². The van der Waals surface area contributed by atoms with Crippen molar-refractivity contribution in [1.82, 2.24) is 10.6 Å². The molecule has 5 nitrogen and oxygen atoms in total. The maximum Gasteiger partial charge on any atom is 1.00 e. The van der Waals surface area contributed by atoms with Gasteiger partial charge in [0.1, 0.15) is 0 Å². The number of nitrogens with one attached hydrogen (secondary N) is 2. The first-order valence-electron chi connectivity index (χ1n) is 8.34. The third kappa shape index (κ3) is 19.9. The second-order valence-corrected chi connectivity index (χ2v) is 5.48. The van der Waals surface area contributed by atoms with Gasteiger partial charge in [-0.15, -0.1) is 0 Å². The fraction of sp³-hybridized carbons (Fsp3) is 0.875. The van der Waals surface area contributed by atoms with Crippen LogP contribution in [0.2, 0.25) is 0 Å². The summed E-state index contributed by atoms with van der Waals surface area (Å²) in [7, 11) is 0. The minimum absolute atomic E-state index is 0. The van der Waals surface area contributed by atoms with Gasteiger partial charge >= 0.3 is 29.6 Å². The predicted molar refractivity (Wildman–Crippen MR) is 82.7 cm³/mol. The molecule has 0 bridgehead atoms. The Balaban J connectivity index is 0. The van der Waals surface area contributed by atoms with Crippen molar-refractivity contribution in [2.45, 2.75) is 71.1 Å². The van der Waals surface area contributed by atoms with Crippen molar-refractivity contribution in [3.8, 4) is 0 Å². The number of carbonyl (C=O) groups is 2. The number of unbranched alkanes of at least 4 members (excludes halogenated alkanes) is 8. The molecule has 0 saturated heterocycles. The van der Waals surface area contributed by atoms with E-state index in [2.05, 4.69) is 17.6 Å². The molecule has 6 heteroatoms. The fourth-order valence-corrected chi connectivity index (χ4v) is 2.17. The quantitative estimate of drug-likeness (QED) is 0.280. The van der Waals surface area contributed by atoms with Crippen LogP contribution in [0.5, 0.6) is 0 Å². The number of hydrogen-bond donors (Lipinski definition) is 2. The molecule has 0 atom stereocenters. The molecule has 0 aliphatic heterocycles. The Morgan fingerprint density at radius 3 is 1.95 bits per heavy atom. The molecule has 1 amide bonds. The summed E-state index contributed by atoms with van der Waals surface area (Å²) in [6.07, 6.45) is 11.8. The molecule has 0 fully saturated rings. The van der Waals surface area contributed by atoms with Crippen molar-refractivity contribution in [3.63, 3.8) is 0 Å². The van der Waals surface area contributed by atoms with E-state index < -0.39 is 5.97 Å². The summed E-state index contributed by atoms with van der Waals surface area (Å²) in [6.45, 7) is 2.97. The van der Waals surface area contributed by atoms with Crippen LogP contribution in [0.15, 0.2) is 0 Å². The summed E-state index contributed by atoms with van der Waals surface area (Å²) in [5, 5.41) is 15.6. The Labute approximate surface area is 157 Å². The van der Waals surface area contributed by atoms with Gasteiger partial charge in [0, 0.05) is 26.1 Å². The third-order valence-electron chi connectivity index (χ3n) is 3.40. The third-order valence-corrected chi connectivity index (χ3v) is 3.40. The predicted octanol–water partition coefficient (Wildman–Crippen LogP) is -1.63. The van der Waals surface area contributed by atoms with E-state index >= 15 is 0 Å². The molecule has 0 heterocycles. The van der Waals surface area contributed by atoms with E-state index in [9.17, 15) is 14.7 Å². The van der Waals surface area contributed by atoms with Gasteiger partial charge in [-0.25, -0.2) is 0 Å². The van der Waals surface area contributed by atoms with Gasteiger partial charge in [0.05, 0.1) is 5.97 Å². The van der Waals surface area contributed by atoms with Crippen LogP contribution in [0.1, 0.15) is 71.1 Å². The van der Waals surface area contributed by atoms with Crippen LogP contribution < -0.4 is 45.3 Å². The Morgan fingerprint density at radius 1 is 0.864 bits per heavy atom. The van der Waals surface area contributed by atoms with E-state index in [1.165, 1.54) is 44.9 Å². The van der Waals surface area contributed by atoms with E-state index in [1.807, 2.05) is 0 Å². The van der Waals surface area contributed by atoms with Crippen LogP contribution in [0.3, 0.4) is 0 Å². The molecule has 0 unspecified atom stereocenters. The molecule has 22 heavy (non-hydrogen) atoms. The van der Waals surface area contributed by atoms with E-state index in [4.69, 9.17) is 0 Å². The first-order valence-corrected chi connectivity index (χ1v) is 8.34. The van der Waals surface area contributed by atoms with Gasteiger partial charge in [-0.05, 0) is 6.42 Å². The van der Waals surface area contributed by atoms with Gasteiger partial charge in [0.15, 0.2) is 0 Å². The van der Waals surface area contributed by atoms with Crippen molar-refractivity contribution in [2.75, 3.05) is 19.6 Å². The largest absolute Gasteiger partial charge is 1.00 e. The number of carboxylic acids is 1. The first kappa shape index (κ1) is 24.2. The van der Waals surface area contributed by atoms with Gasteiger partial charge in [0.25, 0.3) is 0 Å². The zero-order chi connectivity index (χ0) is 15.8. The van der Waals surface area contributed by atoms with Crippen LogP contribution in [0.25, 0.3) is 0 Å². The molecular formula is C16H31N2NaO3. The summed E-state index contributed by atoms with van der Waals surface area (Å²) in [4.78, 5) is 21.6. The fourth-order valence-electron chi connectivity index (χ4n) is 2.17. The number of carbonyl (C=O) groups excluding carboxylic acids is 2. The number of hydrogen-bond acceptors (Lipinski definition) is 4. The Morgan fingerprint density at radius 2 is 1.41 bits per heavy atom. The SMILES string of the molecule is CCCCCCCCCCCC(=O)NCCNCC(=O)[O-].[Na+]. The molecule has 0 spiro atoms. The van der Waals surface area contributed by atoms with E-state index in [-0.39, 0.29) is 42.0 Å². The molecule has 124 valence electrons. The molecule has 0 rings (SSSR count). The van der Waals surface area contributed by atoms with Crippen molar-refractivity contribution in [3.05, 3.63) is 0 Å². The van der Waals surface area contributed by atoms with Crippen LogP contribution in [-0.2, 0) is 9.59 Å². The summed E-state index contributed by atoms with van der Waals surface area (Å²) < 4.78 is 0. The number of aliphatic carboxylic acids is 1. The average molecular weight is 322 g/mol. The smallest absolute Gasteiger partial charge is 0.549 e. The second-order valence-electron chi connectivity index (χ2n) is 5.48. The van der Waals surface area contributed by atoms with Crippen LogP contribution in [-0.4, -0.2) is 31.5 Å². The summed E-state index contributed by atoms with van der Waals surface area (Å²) in [5.41, 5.74) is 0. The first-order chi connectivity index (χ1) is 10.2. The molecule has 0 aromatic rings. The number of carboxylic acid groups (broad SMARTS) is 1. The standard InChI is InChI=1S/C16H32N2O3.Na/c1-2-3-4-5-6-7-8-9-10-11-15(19)18-13-12-17-14-16(20)21;/h17H,2-14H2,1H3,(H,18,19)(H,20,21);/q;+1/p-1. The van der Waals surface area contributed by atoms with Crippen LogP contribution >= 0.6 is 0 Å². The van der Waals surface area contributed by atoms with Crippen molar-refractivity contribution < 1.29 is 44.3 Å². The summed E-state index contributed by atoms with van der Waals surface area (Å²) >= 11 is 0. The maximum absolute atomic E-state index is 11.5. The minimum Gasteiger partial charge on any atom is -0.549 e. The Bertz CT molecular complexity index is 276. The molecule has 0 radical (unpaired) electrons. The van der Waals surface area contributed by atoms with Gasteiger partial charge in [0.2, 0.25) is 5.91 Å². The van der Waals surface area contributed by atoms with E-state index in [0.717, 1.165) is 12.8 Å². The average Bonchev–Trinajstić information content (AvgIpc) is 2.45. The van der Waals surface area contributed by atoms with Gasteiger partial charge in [-0.2, -0.15) is 0 Å². The van der Waals surface area contributed by atoms with Gasteiger partial charge in [-0.3, -0.25) is 4.79 Å². The van der Waals surface area contributed by atoms with Gasteiger partial charge < -0.3 is 20.5 Å². The molecule has 0 aromatic heterocycles. The minimum atomic E-state index is -1.13. The molecule has 2 N–H and O–H groups in total. The molecule has 0 aliphatic rings. The molecular weight excluding hydrogens is 291 g/mol. The maximum atomic E-state index is 11.5. The van der Waals surface area contributed by atoms with E-state index in [0.29, 0.717) is 19.5 Å². The Hall–Kier alpha value is -0.100. The second kappa shape index (κ2) is 18.9. The zero-order valence-electron chi connectivity index (χ0n) is 14.4. The zero-order valence-corrected chi connectivity index (χ0v) is 16.4. The summed E-state index contributed by atoms with van der Waals surface area (Å²) in [6, 6.07) is 0. The normalized spacial score (nSPS) is 10.0. The van der Waals surface area contributed by atoms with E-state index in [1.54, 1.807) is 0 Å². The number of amides is 1. The van der Waals surface area contributed by atoms with Crippen molar-refractivity contribution in [1.29, 1.82) is 0 Å². The van der Waals surface area contributed by atoms with Crippen molar-refractivity contribution in [2.24, 2.45) is 0 Å². The molecule has 0 aromatic carbocycles. The van der Waals surface area contributed by atoms with Gasteiger partial charge in [-0.1, -0.05) is 58.3 Å². The van der Waals surface area contributed by atoms with Crippen LogP contribution in [0, 0.1) is 0 Å². The molecule has 0 saturated carbocycles.